The number of benzene rings is 1. The van der Waals surface area contributed by atoms with E-state index in [9.17, 15) is 4.79 Å². The van der Waals surface area contributed by atoms with Gasteiger partial charge in [0.15, 0.2) is 0 Å². The van der Waals surface area contributed by atoms with Crippen LogP contribution in [0.3, 0.4) is 0 Å². The first kappa shape index (κ1) is 27.5. The molecule has 216 valence electrons. The molecule has 1 fully saturated rings. The molecule has 6 rings (SSSR count). The Labute approximate surface area is 242 Å². The molecule has 12 nitrogen and oxygen atoms in total. The van der Waals surface area contributed by atoms with Gasteiger partial charge in [0.05, 0.1) is 43.6 Å². The van der Waals surface area contributed by atoms with Gasteiger partial charge in [-0.1, -0.05) is 12.1 Å². The van der Waals surface area contributed by atoms with Gasteiger partial charge >= 0.3 is 0 Å². The van der Waals surface area contributed by atoms with E-state index in [1.54, 1.807) is 24.1 Å². The van der Waals surface area contributed by atoms with Gasteiger partial charge < -0.3 is 25.1 Å². The number of nitrogens with zero attached hydrogens (tertiary/aromatic N) is 7. The summed E-state index contributed by atoms with van der Waals surface area (Å²) >= 11 is 0. The van der Waals surface area contributed by atoms with E-state index in [4.69, 9.17) is 20.2 Å². The van der Waals surface area contributed by atoms with Crippen LogP contribution in [-0.4, -0.2) is 80.8 Å². The lowest BCUT2D eigenvalue weighted by molar-refractivity contribution is 0.0363. The summed E-state index contributed by atoms with van der Waals surface area (Å²) < 4.78 is 14.2. The molecule has 42 heavy (non-hydrogen) atoms. The number of hydrogen-bond donors (Lipinski definition) is 2. The maximum atomic E-state index is 13.8. The van der Waals surface area contributed by atoms with E-state index in [2.05, 4.69) is 25.3 Å². The molecule has 0 spiro atoms. The molecule has 4 aromatic heterocycles. The zero-order chi connectivity index (χ0) is 28.9. The van der Waals surface area contributed by atoms with Gasteiger partial charge in [-0.05, 0) is 35.2 Å². The SMILES string of the molecule is COCCn1cc(-c2ccc(Nc3nc(-c4cnc(N)nc4)cc4ccn(CCN5CCOCC5)c(=O)c34)cc2)cn1. The maximum absolute atomic E-state index is 13.8. The molecule has 1 aromatic carbocycles. The average molecular weight is 568 g/mol. The highest BCUT2D eigenvalue weighted by Gasteiger charge is 2.16. The fourth-order valence-electron chi connectivity index (χ4n) is 4.96. The largest absolute Gasteiger partial charge is 0.383 e. The predicted octanol–water partition coefficient (Wildman–Crippen LogP) is 3.02. The summed E-state index contributed by atoms with van der Waals surface area (Å²) in [5, 5.41) is 9.09. The number of hydrogen-bond acceptors (Lipinski definition) is 10. The van der Waals surface area contributed by atoms with Gasteiger partial charge in [0.2, 0.25) is 5.95 Å². The average Bonchev–Trinajstić information content (AvgIpc) is 3.50. The second-order valence-electron chi connectivity index (χ2n) is 10.1. The Balaban J connectivity index is 1.32. The lowest BCUT2D eigenvalue weighted by Crippen LogP contribution is -2.39. The van der Waals surface area contributed by atoms with E-state index in [-0.39, 0.29) is 11.5 Å². The highest BCUT2D eigenvalue weighted by atomic mass is 16.5. The summed E-state index contributed by atoms with van der Waals surface area (Å²) in [6.45, 7) is 5.81. The van der Waals surface area contributed by atoms with Gasteiger partial charge in [0, 0.05) is 74.9 Å². The van der Waals surface area contributed by atoms with Crippen molar-refractivity contribution in [1.29, 1.82) is 0 Å². The molecule has 0 bridgehead atoms. The van der Waals surface area contributed by atoms with Gasteiger partial charge in [0.25, 0.3) is 5.56 Å². The molecule has 1 aliphatic rings. The number of fused-ring (bicyclic) bond motifs is 1. The summed E-state index contributed by atoms with van der Waals surface area (Å²) in [4.78, 5) is 29.2. The Bertz CT molecular complexity index is 1710. The number of rotatable bonds is 10. The van der Waals surface area contributed by atoms with Crippen LogP contribution in [0.15, 0.2) is 72.2 Å². The summed E-state index contributed by atoms with van der Waals surface area (Å²) in [6, 6.07) is 11.8. The molecule has 0 radical (unpaired) electrons. The molecule has 12 heteroatoms. The molecular weight excluding hydrogens is 534 g/mol. The number of pyridine rings is 2. The van der Waals surface area contributed by atoms with Crippen LogP contribution in [0.2, 0.25) is 0 Å². The summed E-state index contributed by atoms with van der Waals surface area (Å²) in [5.74, 6) is 0.649. The molecule has 1 saturated heterocycles. The number of ether oxygens (including phenoxy) is 2. The van der Waals surface area contributed by atoms with Crippen LogP contribution >= 0.6 is 0 Å². The summed E-state index contributed by atoms with van der Waals surface area (Å²) in [7, 11) is 1.67. The van der Waals surface area contributed by atoms with Gasteiger partial charge in [0.1, 0.15) is 5.82 Å². The van der Waals surface area contributed by atoms with Crippen molar-refractivity contribution in [3.8, 4) is 22.4 Å². The van der Waals surface area contributed by atoms with Crippen LogP contribution in [0, 0.1) is 0 Å². The first-order valence-corrected chi connectivity index (χ1v) is 13.9. The minimum Gasteiger partial charge on any atom is -0.383 e. The molecule has 0 amide bonds. The third-order valence-electron chi connectivity index (χ3n) is 7.33. The van der Waals surface area contributed by atoms with Gasteiger partial charge in [-0.25, -0.2) is 15.0 Å². The van der Waals surface area contributed by atoms with E-state index in [1.165, 1.54) is 0 Å². The Morgan fingerprint density at radius 2 is 1.76 bits per heavy atom. The van der Waals surface area contributed by atoms with Crippen LogP contribution < -0.4 is 16.6 Å². The third kappa shape index (κ3) is 6.15. The highest BCUT2D eigenvalue weighted by molar-refractivity contribution is 5.95. The van der Waals surface area contributed by atoms with E-state index >= 15 is 0 Å². The van der Waals surface area contributed by atoms with Crippen LogP contribution in [0.25, 0.3) is 33.2 Å². The quantitative estimate of drug-likeness (QED) is 0.259. The minimum atomic E-state index is -0.101. The number of anilines is 3. The normalized spacial score (nSPS) is 13.9. The Morgan fingerprint density at radius 1 is 0.976 bits per heavy atom. The first-order valence-electron chi connectivity index (χ1n) is 13.9. The number of aromatic nitrogens is 6. The smallest absolute Gasteiger partial charge is 0.262 e. The van der Waals surface area contributed by atoms with Crippen molar-refractivity contribution in [2.45, 2.75) is 13.1 Å². The van der Waals surface area contributed by atoms with E-state index in [0.717, 1.165) is 55.0 Å². The monoisotopic (exact) mass is 567 g/mol. The molecule has 0 aliphatic carbocycles. The standard InChI is InChI=1S/C30H33N9O3/c1-41-13-12-39-20-24(19-34-39)21-2-4-25(5-3-21)35-28-27-22(16-26(36-28)23-17-32-30(31)33-18-23)6-7-38(29(27)40)9-8-37-10-14-42-15-11-37/h2-7,16-20H,8-15H2,1H3,(H,35,36)(H2,31,32,33). The highest BCUT2D eigenvalue weighted by Crippen LogP contribution is 2.29. The zero-order valence-electron chi connectivity index (χ0n) is 23.4. The topological polar surface area (TPSA) is 138 Å². The molecule has 3 N–H and O–H groups in total. The lowest BCUT2D eigenvalue weighted by atomic mass is 10.1. The summed E-state index contributed by atoms with van der Waals surface area (Å²) in [5.41, 5.74) is 9.77. The second kappa shape index (κ2) is 12.5. The Kier molecular flexibility index (Phi) is 8.17. The molecule has 5 aromatic rings. The Hall–Kier alpha value is -4.65. The van der Waals surface area contributed by atoms with Gasteiger partial charge in [-0.3, -0.25) is 14.4 Å². The summed E-state index contributed by atoms with van der Waals surface area (Å²) in [6.07, 6.45) is 8.94. The maximum Gasteiger partial charge on any atom is 0.262 e. The van der Waals surface area contributed by atoms with Crippen LogP contribution in [0.5, 0.6) is 0 Å². The third-order valence-corrected chi connectivity index (χ3v) is 7.33. The van der Waals surface area contributed by atoms with Crippen molar-refractivity contribution in [1.82, 2.24) is 34.2 Å². The molecule has 0 saturated carbocycles. The van der Waals surface area contributed by atoms with Crippen LogP contribution in [0.4, 0.5) is 17.5 Å². The fourth-order valence-corrected chi connectivity index (χ4v) is 4.96. The van der Waals surface area contributed by atoms with Crippen molar-refractivity contribution < 1.29 is 9.47 Å². The van der Waals surface area contributed by atoms with E-state index in [0.29, 0.717) is 42.2 Å². The minimum absolute atomic E-state index is 0.101. The fraction of sp³-hybridized carbons (Fsp3) is 0.300. The number of morpholine rings is 1. The van der Waals surface area contributed by atoms with Crippen molar-refractivity contribution in [3.05, 3.63) is 77.7 Å². The van der Waals surface area contributed by atoms with E-state index < -0.39 is 0 Å². The molecule has 0 atom stereocenters. The second-order valence-corrected chi connectivity index (χ2v) is 10.1. The van der Waals surface area contributed by atoms with Gasteiger partial charge in [-0.2, -0.15) is 5.10 Å². The number of methoxy groups -OCH3 is 1. The number of nitrogens with one attached hydrogen (secondary N) is 1. The number of nitrogen functional groups attached to an aromatic ring is 1. The lowest BCUT2D eigenvalue weighted by Gasteiger charge is -2.26. The van der Waals surface area contributed by atoms with Crippen molar-refractivity contribution in [2.75, 3.05) is 57.6 Å². The number of nitrogens with two attached hydrogens (primary N) is 1. The first-order chi connectivity index (χ1) is 20.6. The predicted molar refractivity (Wildman–Crippen MR) is 162 cm³/mol. The molecule has 5 heterocycles. The molecular formula is C30H33N9O3. The van der Waals surface area contributed by atoms with E-state index in [1.807, 2.05) is 59.7 Å². The Morgan fingerprint density at radius 3 is 2.52 bits per heavy atom. The van der Waals surface area contributed by atoms with Crippen molar-refractivity contribution >= 4 is 28.2 Å². The van der Waals surface area contributed by atoms with Crippen molar-refractivity contribution in [2.24, 2.45) is 0 Å². The molecule has 0 unspecified atom stereocenters. The van der Waals surface area contributed by atoms with Crippen molar-refractivity contribution in [3.63, 3.8) is 0 Å². The zero-order valence-corrected chi connectivity index (χ0v) is 23.4. The van der Waals surface area contributed by atoms with Gasteiger partial charge in [-0.15, -0.1) is 0 Å². The molecule has 1 aliphatic heterocycles. The van der Waals surface area contributed by atoms with Crippen LogP contribution in [-0.2, 0) is 22.6 Å². The van der Waals surface area contributed by atoms with Crippen LogP contribution in [0.1, 0.15) is 0 Å².